The van der Waals surface area contributed by atoms with Crippen molar-refractivity contribution < 1.29 is 28.7 Å². The van der Waals surface area contributed by atoms with Crippen molar-refractivity contribution in [3.63, 3.8) is 0 Å². The van der Waals surface area contributed by atoms with E-state index >= 15 is 0 Å². The van der Waals surface area contributed by atoms with Gasteiger partial charge in [0.2, 0.25) is 11.8 Å². The van der Waals surface area contributed by atoms with Gasteiger partial charge in [-0.3, -0.25) is 24.1 Å². The number of hydrogen-bond acceptors (Lipinski definition) is 7. The molecule has 0 aliphatic carbocycles. The Balaban J connectivity index is 1.33. The van der Waals surface area contributed by atoms with Crippen LogP contribution in [0.25, 0.3) is 0 Å². The highest BCUT2D eigenvalue weighted by Gasteiger charge is 2.55. The summed E-state index contributed by atoms with van der Waals surface area (Å²) in [5, 5.41) is 1.96. The molecule has 0 saturated carbocycles. The van der Waals surface area contributed by atoms with Crippen molar-refractivity contribution in [2.24, 2.45) is 5.92 Å². The number of ether oxygens (including phenoxy) is 2. The lowest BCUT2D eigenvalue weighted by Crippen LogP contribution is -2.60. The molecule has 0 radical (unpaired) electrons. The third-order valence-electron chi connectivity index (χ3n) is 8.37. The molecule has 214 valence electrons. The standard InChI is InChI=1S/C30H37N3O6S/c1-3-38-29(37)22-10-14-32(15-11-22)28(36)25-20-39-30(33(25)27(35)24-9-5-4-7-21(24)2)12-16-31(17-13-30)26(34)19-23-8-6-18-40-23/h4-9,18,22,25H,3,10-17,19-20H2,1-2H3/t25-/m1/s1. The Labute approximate surface area is 239 Å². The Kier molecular flexibility index (Phi) is 8.56. The highest BCUT2D eigenvalue weighted by Crippen LogP contribution is 2.40. The van der Waals surface area contributed by atoms with E-state index in [-0.39, 0.29) is 36.2 Å². The molecule has 0 N–H and O–H groups in total. The van der Waals surface area contributed by atoms with E-state index in [1.54, 1.807) is 34.1 Å². The predicted molar refractivity (Wildman–Crippen MR) is 150 cm³/mol. The fourth-order valence-corrected chi connectivity index (χ4v) is 6.78. The number of amides is 3. The lowest BCUT2D eigenvalue weighted by atomic mass is 9.94. The number of aryl methyl sites for hydroxylation is 1. The van der Waals surface area contributed by atoms with Gasteiger partial charge in [-0.1, -0.05) is 24.3 Å². The Morgan fingerprint density at radius 1 is 1.00 bits per heavy atom. The number of thiophene rings is 1. The van der Waals surface area contributed by atoms with E-state index in [2.05, 4.69) is 0 Å². The fraction of sp³-hybridized carbons (Fsp3) is 0.533. The summed E-state index contributed by atoms with van der Waals surface area (Å²) in [6.45, 7) is 5.90. The SMILES string of the molecule is CCOC(=O)C1CCN(C(=O)[C@H]2COC3(CCN(C(=O)Cc4cccs4)CC3)N2C(=O)c2ccccc2C)CC1. The smallest absolute Gasteiger partial charge is 0.309 e. The van der Waals surface area contributed by atoms with Gasteiger partial charge >= 0.3 is 5.97 Å². The van der Waals surface area contributed by atoms with Crippen LogP contribution in [0.15, 0.2) is 41.8 Å². The van der Waals surface area contributed by atoms with Crippen molar-refractivity contribution in [1.82, 2.24) is 14.7 Å². The lowest BCUT2D eigenvalue weighted by Gasteiger charge is -2.45. The van der Waals surface area contributed by atoms with Gasteiger partial charge in [0.1, 0.15) is 11.8 Å². The van der Waals surface area contributed by atoms with E-state index in [0.29, 0.717) is 70.5 Å². The summed E-state index contributed by atoms with van der Waals surface area (Å²) in [6, 6.07) is 10.5. The number of hydrogen-bond donors (Lipinski definition) is 0. The molecule has 0 bridgehead atoms. The van der Waals surface area contributed by atoms with Crippen LogP contribution in [0.3, 0.4) is 0 Å². The molecule has 2 aromatic rings. The van der Waals surface area contributed by atoms with Crippen LogP contribution in [-0.4, -0.2) is 89.6 Å². The van der Waals surface area contributed by atoms with E-state index in [9.17, 15) is 19.2 Å². The highest BCUT2D eigenvalue weighted by molar-refractivity contribution is 7.10. The molecule has 3 aliphatic heterocycles. The van der Waals surface area contributed by atoms with Gasteiger partial charge in [0.05, 0.1) is 25.6 Å². The second-order valence-corrected chi connectivity index (χ2v) is 11.8. The maximum absolute atomic E-state index is 14.1. The van der Waals surface area contributed by atoms with Crippen LogP contribution >= 0.6 is 11.3 Å². The van der Waals surface area contributed by atoms with Crippen molar-refractivity contribution in [2.45, 2.75) is 57.7 Å². The zero-order valence-corrected chi connectivity index (χ0v) is 24.0. The summed E-state index contributed by atoms with van der Waals surface area (Å²) >= 11 is 1.57. The Morgan fingerprint density at radius 3 is 2.38 bits per heavy atom. The molecular weight excluding hydrogens is 530 g/mol. The Morgan fingerprint density at radius 2 is 1.73 bits per heavy atom. The third-order valence-corrected chi connectivity index (χ3v) is 9.25. The van der Waals surface area contributed by atoms with E-state index in [4.69, 9.17) is 9.47 Å². The number of esters is 1. The zero-order valence-electron chi connectivity index (χ0n) is 23.2. The van der Waals surface area contributed by atoms with E-state index in [0.717, 1.165) is 10.4 Å². The first-order valence-corrected chi connectivity index (χ1v) is 15.0. The minimum absolute atomic E-state index is 0.0594. The quantitative estimate of drug-likeness (QED) is 0.498. The van der Waals surface area contributed by atoms with Crippen molar-refractivity contribution in [2.75, 3.05) is 39.4 Å². The van der Waals surface area contributed by atoms with Gasteiger partial charge in [-0.15, -0.1) is 11.3 Å². The Bertz CT molecular complexity index is 1230. The molecule has 4 heterocycles. The number of benzene rings is 1. The average molecular weight is 568 g/mol. The predicted octanol–water partition coefficient (Wildman–Crippen LogP) is 3.26. The first kappa shape index (κ1) is 28.3. The van der Waals surface area contributed by atoms with Crippen molar-refractivity contribution in [3.8, 4) is 0 Å². The summed E-state index contributed by atoms with van der Waals surface area (Å²) in [6.07, 6.45) is 2.32. The number of rotatable bonds is 6. The van der Waals surface area contributed by atoms with Crippen LogP contribution in [-0.2, 0) is 30.3 Å². The maximum atomic E-state index is 14.1. The van der Waals surface area contributed by atoms with Gasteiger partial charge in [0, 0.05) is 49.5 Å². The summed E-state index contributed by atoms with van der Waals surface area (Å²) < 4.78 is 11.5. The number of nitrogens with zero attached hydrogens (tertiary/aromatic N) is 3. The first-order valence-electron chi connectivity index (χ1n) is 14.1. The number of carbonyl (C=O) groups excluding carboxylic acids is 4. The molecule has 5 rings (SSSR count). The van der Waals surface area contributed by atoms with Gasteiger partial charge in [-0.05, 0) is 49.8 Å². The van der Waals surface area contributed by atoms with Crippen molar-refractivity contribution in [3.05, 3.63) is 57.8 Å². The molecule has 3 amide bonds. The van der Waals surface area contributed by atoms with Gasteiger partial charge < -0.3 is 19.3 Å². The van der Waals surface area contributed by atoms with Gasteiger partial charge in [-0.25, -0.2) is 0 Å². The highest BCUT2D eigenvalue weighted by atomic mass is 32.1. The minimum atomic E-state index is -0.956. The van der Waals surface area contributed by atoms with Gasteiger partial charge in [0.15, 0.2) is 0 Å². The zero-order chi connectivity index (χ0) is 28.3. The van der Waals surface area contributed by atoms with E-state index < -0.39 is 11.8 Å². The molecule has 1 spiro atoms. The van der Waals surface area contributed by atoms with Crippen LogP contribution in [0.4, 0.5) is 0 Å². The van der Waals surface area contributed by atoms with E-state index in [1.807, 2.05) is 47.5 Å². The minimum Gasteiger partial charge on any atom is -0.466 e. The molecule has 3 fully saturated rings. The average Bonchev–Trinajstić information content (AvgIpc) is 3.61. The van der Waals surface area contributed by atoms with E-state index in [1.165, 1.54) is 0 Å². The number of piperidine rings is 2. The van der Waals surface area contributed by atoms with Gasteiger partial charge in [-0.2, -0.15) is 0 Å². The Hall–Kier alpha value is -3.24. The molecule has 0 unspecified atom stereocenters. The van der Waals surface area contributed by atoms with Gasteiger partial charge in [0.25, 0.3) is 5.91 Å². The second-order valence-electron chi connectivity index (χ2n) is 10.8. The largest absolute Gasteiger partial charge is 0.466 e. The first-order chi connectivity index (χ1) is 19.3. The summed E-state index contributed by atoms with van der Waals surface area (Å²) in [4.78, 5) is 59.4. The molecular formula is C30H37N3O6S. The molecule has 40 heavy (non-hydrogen) atoms. The molecule has 1 aromatic heterocycles. The van der Waals surface area contributed by atoms with Crippen LogP contribution in [0, 0.1) is 12.8 Å². The molecule has 3 aliphatic rings. The summed E-state index contributed by atoms with van der Waals surface area (Å²) in [7, 11) is 0. The normalized spacial score (nSPS) is 21.1. The van der Waals surface area contributed by atoms with Crippen LogP contribution in [0.1, 0.15) is 53.4 Å². The molecule has 1 aromatic carbocycles. The molecule has 1 atom stereocenters. The van der Waals surface area contributed by atoms with Crippen LogP contribution < -0.4 is 0 Å². The van der Waals surface area contributed by atoms with Crippen molar-refractivity contribution in [1.29, 1.82) is 0 Å². The number of likely N-dealkylation sites (tertiary alicyclic amines) is 2. The van der Waals surface area contributed by atoms with Crippen molar-refractivity contribution >= 4 is 35.0 Å². The third kappa shape index (κ3) is 5.65. The summed E-state index contributed by atoms with van der Waals surface area (Å²) in [5.41, 5.74) is 0.421. The topological polar surface area (TPSA) is 96.5 Å². The molecule has 10 heteroatoms. The number of carbonyl (C=O) groups is 4. The van der Waals surface area contributed by atoms with Crippen LogP contribution in [0.2, 0.25) is 0 Å². The maximum Gasteiger partial charge on any atom is 0.309 e. The monoisotopic (exact) mass is 567 g/mol. The molecule has 3 saturated heterocycles. The van der Waals surface area contributed by atoms with Crippen LogP contribution in [0.5, 0.6) is 0 Å². The summed E-state index contributed by atoms with van der Waals surface area (Å²) in [5.74, 6) is -0.749. The lowest BCUT2D eigenvalue weighted by molar-refractivity contribution is -0.152. The second kappa shape index (κ2) is 12.1. The fourth-order valence-electron chi connectivity index (χ4n) is 6.08. The molecule has 9 nitrogen and oxygen atoms in total.